The van der Waals surface area contributed by atoms with Crippen molar-refractivity contribution in [2.75, 3.05) is 19.2 Å². The molecule has 2 amide bonds. The van der Waals surface area contributed by atoms with E-state index in [0.717, 1.165) is 5.06 Å². The fourth-order valence-corrected chi connectivity index (χ4v) is 2.84. The Morgan fingerprint density at radius 2 is 1.84 bits per heavy atom. The molecule has 0 spiro atoms. The fourth-order valence-electron chi connectivity index (χ4n) is 2.53. The number of rotatable bonds is 3. The number of halogens is 2. The molecule has 0 radical (unpaired) electrons. The average Bonchev–Trinajstić information content (AvgIpc) is 2.61. The third kappa shape index (κ3) is 3.23. The van der Waals surface area contributed by atoms with Gasteiger partial charge in [0.2, 0.25) is 0 Å². The molecule has 0 N–H and O–H groups in total. The smallest absolute Gasteiger partial charge is 0.360 e. The van der Waals surface area contributed by atoms with Crippen LogP contribution >= 0.6 is 23.2 Å². The van der Waals surface area contributed by atoms with Crippen molar-refractivity contribution in [2.24, 2.45) is 0 Å². The van der Waals surface area contributed by atoms with Gasteiger partial charge in [0.15, 0.2) is 6.04 Å². The molecule has 3 rings (SSSR count). The number of likely N-dealkylation sites (N-methyl/N-ethyl adjacent to an activating group) is 1. The van der Waals surface area contributed by atoms with E-state index >= 15 is 0 Å². The van der Waals surface area contributed by atoms with Gasteiger partial charge in [0.1, 0.15) is 5.75 Å². The van der Waals surface area contributed by atoms with Crippen LogP contribution in [-0.4, -0.2) is 31.1 Å². The van der Waals surface area contributed by atoms with Crippen molar-refractivity contribution in [1.82, 2.24) is 4.90 Å². The molecule has 1 saturated heterocycles. The SMILES string of the molecule is COc1cccc(N2OC(=O)C(c3ccc(Cl)c(Cl)c3)N(C)C2=O)c1. The number of urea groups is 1. The van der Waals surface area contributed by atoms with Crippen LogP contribution in [0.3, 0.4) is 0 Å². The van der Waals surface area contributed by atoms with Gasteiger partial charge in [-0.2, -0.15) is 0 Å². The zero-order valence-corrected chi connectivity index (χ0v) is 14.9. The molecule has 1 aliphatic heterocycles. The van der Waals surface area contributed by atoms with Crippen molar-refractivity contribution >= 4 is 40.9 Å². The molecule has 0 bridgehead atoms. The lowest BCUT2D eigenvalue weighted by Crippen LogP contribution is -2.52. The summed E-state index contributed by atoms with van der Waals surface area (Å²) < 4.78 is 5.13. The van der Waals surface area contributed by atoms with Gasteiger partial charge in [-0.15, -0.1) is 5.06 Å². The second-order valence-electron chi connectivity index (χ2n) is 5.38. The van der Waals surface area contributed by atoms with Gasteiger partial charge < -0.3 is 14.5 Å². The Morgan fingerprint density at radius 3 is 2.52 bits per heavy atom. The second kappa shape index (κ2) is 6.82. The van der Waals surface area contributed by atoms with Crippen molar-refractivity contribution in [3.05, 3.63) is 58.1 Å². The molecular formula is C17H14Cl2N2O4. The maximum Gasteiger partial charge on any atom is 0.360 e. The number of benzene rings is 2. The summed E-state index contributed by atoms with van der Waals surface area (Å²) in [6.07, 6.45) is 0. The normalized spacial score (nSPS) is 17.5. The third-order valence-corrected chi connectivity index (χ3v) is 4.55. The number of hydrogen-bond acceptors (Lipinski definition) is 4. The van der Waals surface area contributed by atoms with Crippen LogP contribution in [0.1, 0.15) is 11.6 Å². The van der Waals surface area contributed by atoms with E-state index in [4.69, 9.17) is 32.8 Å². The second-order valence-corrected chi connectivity index (χ2v) is 6.19. The predicted molar refractivity (Wildman–Crippen MR) is 93.9 cm³/mol. The first-order valence-corrected chi connectivity index (χ1v) is 8.05. The predicted octanol–water partition coefficient (Wildman–Crippen LogP) is 4.07. The molecule has 25 heavy (non-hydrogen) atoms. The van der Waals surface area contributed by atoms with Crippen molar-refractivity contribution in [3.63, 3.8) is 0 Å². The summed E-state index contributed by atoms with van der Waals surface area (Å²) in [7, 11) is 3.03. The number of anilines is 1. The molecule has 2 aromatic rings. The van der Waals surface area contributed by atoms with Gasteiger partial charge in [0.25, 0.3) is 0 Å². The van der Waals surface area contributed by atoms with E-state index in [1.807, 2.05) is 0 Å². The van der Waals surface area contributed by atoms with Crippen LogP contribution in [-0.2, 0) is 9.63 Å². The average molecular weight is 381 g/mol. The summed E-state index contributed by atoms with van der Waals surface area (Å²) in [4.78, 5) is 31.7. The van der Waals surface area contributed by atoms with E-state index in [2.05, 4.69) is 0 Å². The largest absolute Gasteiger partial charge is 0.497 e. The van der Waals surface area contributed by atoms with Gasteiger partial charge >= 0.3 is 12.0 Å². The highest BCUT2D eigenvalue weighted by Gasteiger charge is 2.41. The molecule has 0 saturated carbocycles. The fraction of sp³-hybridized carbons (Fsp3) is 0.176. The standard InChI is InChI=1S/C17H14Cl2N2O4/c1-20-15(10-6-7-13(18)14(19)8-10)16(22)25-21(17(20)23)11-4-3-5-12(9-11)24-2/h3-9,15H,1-2H3. The molecule has 1 aliphatic rings. The van der Waals surface area contributed by atoms with E-state index in [1.165, 1.54) is 19.1 Å². The number of carbonyl (C=O) groups excluding carboxylic acids is 2. The quantitative estimate of drug-likeness (QED) is 0.804. The lowest BCUT2D eigenvalue weighted by atomic mass is 10.1. The van der Waals surface area contributed by atoms with Crippen molar-refractivity contribution in [1.29, 1.82) is 0 Å². The van der Waals surface area contributed by atoms with Crippen LogP contribution in [0.4, 0.5) is 10.5 Å². The van der Waals surface area contributed by atoms with E-state index in [0.29, 0.717) is 27.0 Å². The number of ether oxygens (including phenoxy) is 1. The highest BCUT2D eigenvalue weighted by molar-refractivity contribution is 6.42. The minimum atomic E-state index is -0.913. The topological polar surface area (TPSA) is 59.1 Å². The lowest BCUT2D eigenvalue weighted by Gasteiger charge is -2.37. The van der Waals surface area contributed by atoms with E-state index in [1.54, 1.807) is 42.5 Å². The molecule has 6 nitrogen and oxygen atoms in total. The molecular weight excluding hydrogens is 367 g/mol. The lowest BCUT2D eigenvalue weighted by molar-refractivity contribution is -0.153. The number of nitrogens with zero attached hydrogens (tertiary/aromatic N) is 2. The summed E-state index contributed by atoms with van der Waals surface area (Å²) in [5.41, 5.74) is 0.901. The highest BCUT2D eigenvalue weighted by atomic mass is 35.5. The molecule has 1 unspecified atom stereocenters. The zero-order chi connectivity index (χ0) is 18.1. The summed E-state index contributed by atoms with van der Waals surface area (Å²) in [5, 5.41) is 1.59. The third-order valence-electron chi connectivity index (χ3n) is 3.81. The van der Waals surface area contributed by atoms with Gasteiger partial charge in [0, 0.05) is 13.1 Å². The molecule has 0 aliphatic carbocycles. The maximum absolute atomic E-state index is 12.7. The van der Waals surface area contributed by atoms with Crippen LogP contribution in [0.15, 0.2) is 42.5 Å². The van der Waals surface area contributed by atoms with Gasteiger partial charge in [0.05, 0.1) is 22.8 Å². The molecule has 1 heterocycles. The number of hydrogen-bond donors (Lipinski definition) is 0. The van der Waals surface area contributed by atoms with Crippen LogP contribution in [0.2, 0.25) is 10.0 Å². The summed E-state index contributed by atoms with van der Waals surface area (Å²) >= 11 is 11.9. The number of hydroxylamine groups is 1. The monoisotopic (exact) mass is 380 g/mol. The van der Waals surface area contributed by atoms with Gasteiger partial charge in [-0.25, -0.2) is 9.59 Å². The summed E-state index contributed by atoms with van der Waals surface area (Å²) in [6.45, 7) is 0. The van der Waals surface area contributed by atoms with Gasteiger partial charge in [-0.3, -0.25) is 0 Å². The molecule has 130 valence electrons. The Balaban J connectivity index is 1.92. The minimum Gasteiger partial charge on any atom is -0.497 e. The first-order chi connectivity index (χ1) is 11.9. The first-order valence-electron chi connectivity index (χ1n) is 7.30. The Kier molecular flexibility index (Phi) is 4.74. The highest BCUT2D eigenvalue weighted by Crippen LogP contribution is 2.33. The van der Waals surface area contributed by atoms with E-state index in [-0.39, 0.29) is 0 Å². The van der Waals surface area contributed by atoms with Crippen LogP contribution in [0, 0.1) is 0 Å². The summed E-state index contributed by atoms with van der Waals surface area (Å²) in [6, 6.07) is 9.99. The van der Waals surface area contributed by atoms with Crippen molar-refractivity contribution < 1.29 is 19.2 Å². The molecule has 0 aromatic heterocycles. The van der Waals surface area contributed by atoms with E-state index < -0.39 is 18.0 Å². The Hall–Kier alpha value is -2.44. The number of carbonyl (C=O) groups is 2. The number of amides is 2. The molecule has 8 heteroatoms. The van der Waals surface area contributed by atoms with Crippen LogP contribution in [0.25, 0.3) is 0 Å². The van der Waals surface area contributed by atoms with Crippen molar-refractivity contribution in [2.45, 2.75) is 6.04 Å². The minimum absolute atomic E-state index is 0.294. The van der Waals surface area contributed by atoms with Gasteiger partial charge in [-0.05, 0) is 29.8 Å². The number of methoxy groups -OCH3 is 1. The molecule has 1 fully saturated rings. The van der Waals surface area contributed by atoms with Crippen molar-refractivity contribution in [3.8, 4) is 5.75 Å². The Morgan fingerprint density at radius 1 is 1.08 bits per heavy atom. The summed E-state index contributed by atoms with van der Waals surface area (Å²) in [5.74, 6) is -0.0704. The zero-order valence-electron chi connectivity index (χ0n) is 13.4. The maximum atomic E-state index is 12.7. The first kappa shape index (κ1) is 17.4. The Bertz CT molecular complexity index is 843. The molecule has 2 aromatic carbocycles. The molecule has 1 atom stereocenters. The Labute approximate surface area is 154 Å². The van der Waals surface area contributed by atoms with E-state index in [9.17, 15) is 9.59 Å². The van der Waals surface area contributed by atoms with Gasteiger partial charge in [-0.1, -0.05) is 35.3 Å². The van der Waals surface area contributed by atoms with Crippen LogP contribution in [0.5, 0.6) is 5.75 Å². The van der Waals surface area contributed by atoms with Crippen LogP contribution < -0.4 is 9.80 Å².